The third kappa shape index (κ3) is 5.97. The summed E-state index contributed by atoms with van der Waals surface area (Å²) in [6, 6.07) is 76.8. The molecule has 2 aliphatic carbocycles. The summed E-state index contributed by atoms with van der Waals surface area (Å²) in [6.45, 7) is 1.67. The van der Waals surface area contributed by atoms with Crippen LogP contribution < -0.4 is 11.1 Å². The highest BCUT2D eigenvalue weighted by atomic mass is 14.8. The summed E-state index contributed by atoms with van der Waals surface area (Å²) in [5, 5.41) is 18.9. The summed E-state index contributed by atoms with van der Waals surface area (Å²) in [5.41, 5.74) is 21.6. The summed E-state index contributed by atoms with van der Waals surface area (Å²) in [4.78, 5) is 0. The van der Waals surface area contributed by atoms with Crippen LogP contribution in [0, 0.1) is 5.41 Å². The van der Waals surface area contributed by atoms with Gasteiger partial charge in [0.1, 0.15) is 5.84 Å². The lowest BCUT2D eigenvalue weighted by Gasteiger charge is -2.31. The molecule has 0 saturated heterocycles. The lowest BCUT2D eigenvalue weighted by molar-refractivity contribution is 0.691. The molecule has 0 fully saturated rings. The van der Waals surface area contributed by atoms with Gasteiger partial charge in [0.25, 0.3) is 0 Å². The van der Waals surface area contributed by atoms with E-state index >= 15 is 0 Å². The predicted molar refractivity (Wildman–Crippen MR) is 255 cm³/mol. The van der Waals surface area contributed by atoms with Crippen LogP contribution in [0.3, 0.4) is 0 Å². The second-order valence-corrected chi connectivity index (χ2v) is 16.2. The van der Waals surface area contributed by atoms with Crippen molar-refractivity contribution in [2.75, 3.05) is 0 Å². The summed E-state index contributed by atoms with van der Waals surface area (Å²) < 4.78 is 0. The van der Waals surface area contributed by atoms with Crippen LogP contribution in [0.5, 0.6) is 0 Å². The van der Waals surface area contributed by atoms with Gasteiger partial charge >= 0.3 is 0 Å². The fraction of sp³-hybridized carbons (Fsp3) is 0.0517. The van der Waals surface area contributed by atoms with E-state index in [4.69, 9.17) is 11.1 Å². The standard InChI is InChI=1S/C45H31N.C13H12N2/c1-2-12-29(13-3-1)27-46-28-30-22-23-37-35-18-8-10-20-41(35)45(43(37)24-30)42-21-11-9-19-36(42)40-25-38-33-16-6-4-14-31(33)32-15-5-7-17-34(32)39(38)26-44(40)45;14-13(15)12-8-6-11(7-9-12)10-4-2-1-3-5-10/h1-26,46H,27-28H2;1-9H,(H3,14,15). The Balaban J connectivity index is 0.000000238. The normalized spacial score (nSPS) is 14.3. The topological polar surface area (TPSA) is 61.9 Å². The number of benzene rings is 10. The Kier molecular flexibility index (Phi) is 8.91. The Morgan fingerprint density at radius 1 is 0.377 bits per heavy atom. The molecule has 3 nitrogen and oxygen atoms in total. The van der Waals surface area contributed by atoms with Crippen LogP contribution in [0.1, 0.15) is 38.9 Å². The highest BCUT2D eigenvalue weighted by Crippen LogP contribution is 2.63. The van der Waals surface area contributed by atoms with Gasteiger partial charge in [-0.15, -0.1) is 0 Å². The zero-order valence-corrected chi connectivity index (χ0v) is 33.7. The van der Waals surface area contributed by atoms with E-state index in [1.54, 1.807) is 0 Å². The minimum Gasteiger partial charge on any atom is -0.384 e. The molecule has 10 aromatic rings. The van der Waals surface area contributed by atoms with Crippen LogP contribution in [0.15, 0.2) is 212 Å². The predicted octanol–water partition coefficient (Wildman–Crippen LogP) is 13.4. The highest BCUT2D eigenvalue weighted by molar-refractivity contribution is 6.26. The number of nitrogen functional groups attached to an aromatic ring is 1. The molecular formula is C58H43N3. The Morgan fingerprint density at radius 3 is 1.46 bits per heavy atom. The van der Waals surface area contributed by atoms with E-state index in [-0.39, 0.29) is 11.3 Å². The van der Waals surface area contributed by atoms with Crippen LogP contribution in [-0.2, 0) is 18.5 Å². The zero-order valence-electron chi connectivity index (χ0n) is 33.7. The van der Waals surface area contributed by atoms with Gasteiger partial charge in [-0.3, -0.25) is 5.41 Å². The number of fused-ring (bicyclic) bond motifs is 16. The van der Waals surface area contributed by atoms with Crippen molar-refractivity contribution in [3.63, 3.8) is 0 Å². The molecule has 0 amide bonds. The van der Waals surface area contributed by atoms with Gasteiger partial charge in [0, 0.05) is 18.7 Å². The Hall–Kier alpha value is -7.59. The van der Waals surface area contributed by atoms with Crippen molar-refractivity contribution in [2.24, 2.45) is 5.73 Å². The molecule has 290 valence electrons. The van der Waals surface area contributed by atoms with E-state index in [0.29, 0.717) is 0 Å². The van der Waals surface area contributed by atoms with Gasteiger partial charge < -0.3 is 11.1 Å². The first-order valence-corrected chi connectivity index (χ1v) is 21.0. The molecule has 12 rings (SSSR count). The van der Waals surface area contributed by atoms with Crippen molar-refractivity contribution in [2.45, 2.75) is 18.5 Å². The molecule has 4 N–H and O–H groups in total. The second kappa shape index (κ2) is 14.9. The van der Waals surface area contributed by atoms with Crippen molar-refractivity contribution in [3.05, 3.63) is 251 Å². The van der Waals surface area contributed by atoms with Crippen LogP contribution in [0.2, 0.25) is 0 Å². The highest BCUT2D eigenvalue weighted by Gasteiger charge is 2.51. The first kappa shape index (κ1) is 36.5. The third-order valence-corrected chi connectivity index (χ3v) is 12.8. The number of hydrogen-bond acceptors (Lipinski definition) is 2. The fourth-order valence-corrected chi connectivity index (χ4v) is 10.1. The molecular weight excluding hydrogens is 739 g/mol. The van der Waals surface area contributed by atoms with Crippen LogP contribution in [0.25, 0.3) is 65.7 Å². The Morgan fingerprint density at radius 2 is 0.836 bits per heavy atom. The van der Waals surface area contributed by atoms with Gasteiger partial charge in [-0.1, -0.05) is 200 Å². The van der Waals surface area contributed by atoms with Crippen molar-refractivity contribution in [1.82, 2.24) is 5.32 Å². The van der Waals surface area contributed by atoms with Crippen LogP contribution >= 0.6 is 0 Å². The smallest absolute Gasteiger partial charge is 0.122 e. The first-order valence-electron chi connectivity index (χ1n) is 21.0. The van der Waals surface area contributed by atoms with Crippen LogP contribution in [-0.4, -0.2) is 5.84 Å². The summed E-state index contributed by atoms with van der Waals surface area (Å²) in [5.74, 6) is 0.106. The van der Waals surface area contributed by atoms with Crippen molar-refractivity contribution >= 4 is 38.2 Å². The maximum absolute atomic E-state index is 7.29. The number of amidine groups is 1. The lowest BCUT2D eigenvalue weighted by Crippen LogP contribution is -2.26. The van der Waals surface area contributed by atoms with E-state index < -0.39 is 0 Å². The first-order chi connectivity index (χ1) is 30.1. The molecule has 0 bridgehead atoms. The zero-order chi connectivity index (χ0) is 40.9. The minimum atomic E-state index is -0.381. The van der Waals surface area contributed by atoms with Gasteiger partial charge in [0.2, 0.25) is 0 Å². The molecule has 0 aliphatic heterocycles. The molecule has 1 atom stereocenters. The number of nitrogens with one attached hydrogen (secondary N) is 2. The molecule has 61 heavy (non-hydrogen) atoms. The van der Waals surface area contributed by atoms with E-state index in [1.165, 1.54) is 93.5 Å². The lowest BCUT2D eigenvalue weighted by atomic mass is 9.70. The van der Waals surface area contributed by atoms with Crippen molar-refractivity contribution < 1.29 is 0 Å². The molecule has 1 unspecified atom stereocenters. The second-order valence-electron chi connectivity index (χ2n) is 16.2. The van der Waals surface area contributed by atoms with Gasteiger partial charge in [0.15, 0.2) is 0 Å². The van der Waals surface area contributed by atoms with Gasteiger partial charge in [-0.2, -0.15) is 0 Å². The van der Waals surface area contributed by atoms with E-state index in [9.17, 15) is 0 Å². The quantitative estimate of drug-likeness (QED) is 0.0894. The molecule has 1 spiro atoms. The Bertz CT molecular complexity index is 3300. The van der Waals surface area contributed by atoms with Crippen LogP contribution in [0.4, 0.5) is 0 Å². The maximum Gasteiger partial charge on any atom is 0.122 e. The van der Waals surface area contributed by atoms with Crippen molar-refractivity contribution in [1.29, 1.82) is 5.41 Å². The summed E-state index contributed by atoms with van der Waals surface area (Å²) in [7, 11) is 0. The van der Waals surface area contributed by atoms with E-state index in [1.807, 2.05) is 42.5 Å². The molecule has 3 heteroatoms. The van der Waals surface area contributed by atoms with E-state index in [0.717, 1.165) is 24.2 Å². The number of nitrogens with two attached hydrogens (primary N) is 1. The third-order valence-electron chi connectivity index (χ3n) is 12.8. The monoisotopic (exact) mass is 781 g/mol. The molecule has 0 heterocycles. The van der Waals surface area contributed by atoms with E-state index in [2.05, 4.69) is 175 Å². The SMILES string of the molecule is N=C(N)c1ccc(-c2ccccc2)cc1.c1ccc(CNCc2ccc3c(c2)C2(c4ccccc4-3)c3ccccc3-c3cc4c5ccccc5c5ccccc5c4cc32)cc1. The Labute approximate surface area is 356 Å². The molecule has 0 saturated carbocycles. The average Bonchev–Trinajstić information content (AvgIpc) is 3.78. The summed E-state index contributed by atoms with van der Waals surface area (Å²) in [6.07, 6.45) is 0. The van der Waals surface area contributed by atoms with Gasteiger partial charge in [-0.05, 0) is 111 Å². The number of rotatable bonds is 6. The fourth-order valence-electron chi connectivity index (χ4n) is 10.1. The number of hydrogen-bond donors (Lipinski definition) is 3. The van der Waals surface area contributed by atoms with Gasteiger partial charge in [0.05, 0.1) is 5.41 Å². The molecule has 0 aromatic heterocycles. The van der Waals surface area contributed by atoms with Crippen molar-refractivity contribution in [3.8, 4) is 33.4 Å². The minimum absolute atomic E-state index is 0.106. The molecule has 10 aromatic carbocycles. The average molecular weight is 782 g/mol. The maximum atomic E-state index is 7.29. The largest absolute Gasteiger partial charge is 0.384 e. The van der Waals surface area contributed by atoms with Gasteiger partial charge in [-0.25, -0.2) is 0 Å². The molecule has 0 radical (unpaired) electrons. The summed E-state index contributed by atoms with van der Waals surface area (Å²) >= 11 is 0. The molecule has 2 aliphatic rings.